The van der Waals surface area contributed by atoms with Crippen molar-refractivity contribution in [3.05, 3.63) is 64.7 Å². The second-order valence-corrected chi connectivity index (χ2v) is 7.05. The van der Waals surface area contributed by atoms with Crippen molar-refractivity contribution in [1.82, 2.24) is 4.90 Å². The number of hydrogen-bond acceptors (Lipinski definition) is 2. The largest absolute Gasteiger partial charge is 0.416 e. The molecule has 0 amide bonds. The molecule has 2 nitrogen and oxygen atoms in total. The van der Waals surface area contributed by atoms with Crippen molar-refractivity contribution in [2.75, 3.05) is 37.6 Å². The standard InChI is InChI=1S/C21H25F3N2.ClH/c1-16-6-7-18(14-17(16)2)8-9-25-10-12-26(13-11-25)20-5-3-4-19(15-20)21(22,23)24;/h3-7,14-15H,8-13H2,1-2H3;1H. The third kappa shape index (κ3) is 5.63. The highest BCUT2D eigenvalue weighted by Gasteiger charge is 2.31. The predicted molar refractivity (Wildman–Crippen MR) is 107 cm³/mol. The minimum absolute atomic E-state index is 0. The molecule has 2 aromatic carbocycles. The number of halogens is 4. The summed E-state index contributed by atoms with van der Waals surface area (Å²) in [6.07, 6.45) is -3.28. The molecule has 0 aromatic heterocycles. The molecule has 1 aliphatic heterocycles. The Morgan fingerprint density at radius 1 is 0.889 bits per heavy atom. The highest BCUT2D eigenvalue weighted by Crippen LogP contribution is 2.31. The van der Waals surface area contributed by atoms with E-state index in [2.05, 4.69) is 36.9 Å². The molecular weight excluding hydrogens is 373 g/mol. The first kappa shape index (κ1) is 21.6. The van der Waals surface area contributed by atoms with Gasteiger partial charge in [-0.25, -0.2) is 0 Å². The van der Waals surface area contributed by atoms with Gasteiger partial charge < -0.3 is 4.90 Å². The maximum atomic E-state index is 12.9. The van der Waals surface area contributed by atoms with Crippen LogP contribution in [0.3, 0.4) is 0 Å². The Hall–Kier alpha value is -1.72. The number of alkyl halides is 3. The summed E-state index contributed by atoms with van der Waals surface area (Å²) >= 11 is 0. The van der Waals surface area contributed by atoms with Gasteiger partial charge in [0.1, 0.15) is 0 Å². The predicted octanol–water partition coefficient (Wildman–Crippen LogP) is 5.11. The molecule has 0 spiro atoms. The Labute approximate surface area is 165 Å². The van der Waals surface area contributed by atoms with Gasteiger partial charge >= 0.3 is 6.18 Å². The first-order chi connectivity index (χ1) is 12.3. The normalized spacial score (nSPS) is 15.5. The first-order valence-corrected chi connectivity index (χ1v) is 9.03. The van der Waals surface area contributed by atoms with Gasteiger partial charge in [-0.05, 0) is 55.2 Å². The van der Waals surface area contributed by atoms with E-state index < -0.39 is 11.7 Å². The number of anilines is 1. The Bertz CT molecular complexity index is 753. The van der Waals surface area contributed by atoms with Crippen molar-refractivity contribution in [1.29, 1.82) is 0 Å². The topological polar surface area (TPSA) is 6.48 Å². The van der Waals surface area contributed by atoms with Crippen LogP contribution in [0.2, 0.25) is 0 Å². The van der Waals surface area contributed by atoms with Gasteiger partial charge in [-0.2, -0.15) is 13.2 Å². The number of rotatable bonds is 4. The molecule has 0 N–H and O–H groups in total. The highest BCUT2D eigenvalue weighted by molar-refractivity contribution is 5.85. The van der Waals surface area contributed by atoms with Crippen LogP contribution in [0.4, 0.5) is 18.9 Å². The zero-order chi connectivity index (χ0) is 18.7. The highest BCUT2D eigenvalue weighted by atomic mass is 35.5. The molecule has 1 heterocycles. The van der Waals surface area contributed by atoms with E-state index in [0.29, 0.717) is 5.69 Å². The van der Waals surface area contributed by atoms with Crippen molar-refractivity contribution in [3.63, 3.8) is 0 Å². The van der Waals surface area contributed by atoms with Crippen molar-refractivity contribution in [3.8, 4) is 0 Å². The van der Waals surface area contributed by atoms with Gasteiger partial charge in [0.25, 0.3) is 0 Å². The lowest BCUT2D eigenvalue weighted by atomic mass is 10.0. The van der Waals surface area contributed by atoms with Crippen LogP contribution in [0.25, 0.3) is 0 Å². The van der Waals surface area contributed by atoms with Crippen LogP contribution in [0.5, 0.6) is 0 Å². The van der Waals surface area contributed by atoms with E-state index in [0.717, 1.165) is 45.2 Å². The van der Waals surface area contributed by atoms with Gasteiger partial charge in [-0.1, -0.05) is 24.3 Å². The van der Waals surface area contributed by atoms with E-state index in [-0.39, 0.29) is 12.4 Å². The molecule has 0 bridgehead atoms. The Balaban J connectivity index is 0.00000261. The zero-order valence-electron chi connectivity index (χ0n) is 15.7. The third-order valence-corrected chi connectivity index (χ3v) is 5.20. The van der Waals surface area contributed by atoms with Crippen molar-refractivity contribution >= 4 is 18.1 Å². The van der Waals surface area contributed by atoms with Crippen molar-refractivity contribution in [2.24, 2.45) is 0 Å². The van der Waals surface area contributed by atoms with Gasteiger partial charge in [0.2, 0.25) is 0 Å². The molecular formula is C21H26ClF3N2. The van der Waals surface area contributed by atoms with Crippen LogP contribution in [-0.2, 0) is 12.6 Å². The molecule has 0 atom stereocenters. The Morgan fingerprint density at radius 2 is 1.59 bits per heavy atom. The summed E-state index contributed by atoms with van der Waals surface area (Å²) in [4.78, 5) is 4.43. The summed E-state index contributed by atoms with van der Waals surface area (Å²) in [6.45, 7) is 8.50. The lowest BCUT2D eigenvalue weighted by Gasteiger charge is -2.36. The average molecular weight is 399 g/mol. The van der Waals surface area contributed by atoms with Crippen LogP contribution in [-0.4, -0.2) is 37.6 Å². The summed E-state index contributed by atoms with van der Waals surface area (Å²) in [5.74, 6) is 0. The molecule has 27 heavy (non-hydrogen) atoms. The fourth-order valence-electron chi connectivity index (χ4n) is 3.35. The summed E-state index contributed by atoms with van der Waals surface area (Å²) < 4.78 is 38.7. The molecule has 3 rings (SSSR count). The molecule has 2 aromatic rings. The van der Waals surface area contributed by atoms with Gasteiger partial charge in [-0.3, -0.25) is 4.90 Å². The number of hydrogen-bond donors (Lipinski definition) is 0. The second-order valence-electron chi connectivity index (χ2n) is 7.05. The molecule has 1 saturated heterocycles. The van der Waals surface area contributed by atoms with E-state index in [9.17, 15) is 13.2 Å². The monoisotopic (exact) mass is 398 g/mol. The first-order valence-electron chi connectivity index (χ1n) is 9.03. The zero-order valence-corrected chi connectivity index (χ0v) is 16.5. The average Bonchev–Trinajstić information content (AvgIpc) is 2.62. The molecule has 0 unspecified atom stereocenters. The summed E-state index contributed by atoms with van der Waals surface area (Å²) in [6, 6.07) is 12.2. The molecule has 148 valence electrons. The number of nitrogens with zero attached hydrogens (tertiary/aromatic N) is 2. The maximum absolute atomic E-state index is 12.9. The SMILES string of the molecule is Cc1ccc(CCN2CCN(c3cccc(C(F)(F)F)c3)CC2)cc1C.Cl. The quantitative estimate of drug-likeness (QED) is 0.706. The maximum Gasteiger partial charge on any atom is 0.416 e. The van der Waals surface area contributed by atoms with Gasteiger partial charge in [-0.15, -0.1) is 12.4 Å². The van der Waals surface area contributed by atoms with Crippen molar-refractivity contribution in [2.45, 2.75) is 26.4 Å². The van der Waals surface area contributed by atoms with Gasteiger partial charge in [0.15, 0.2) is 0 Å². The fourth-order valence-corrected chi connectivity index (χ4v) is 3.35. The third-order valence-electron chi connectivity index (χ3n) is 5.20. The van der Waals surface area contributed by atoms with E-state index in [1.807, 2.05) is 4.90 Å². The van der Waals surface area contributed by atoms with E-state index in [4.69, 9.17) is 0 Å². The smallest absolute Gasteiger partial charge is 0.369 e. The van der Waals surface area contributed by atoms with Gasteiger partial charge in [0, 0.05) is 38.4 Å². The van der Waals surface area contributed by atoms with Crippen LogP contribution < -0.4 is 4.90 Å². The fraction of sp³-hybridized carbons (Fsp3) is 0.429. The summed E-state index contributed by atoms with van der Waals surface area (Å²) in [7, 11) is 0. The summed E-state index contributed by atoms with van der Waals surface area (Å²) in [5.41, 5.74) is 4.05. The number of aryl methyl sites for hydroxylation is 2. The van der Waals surface area contributed by atoms with Crippen LogP contribution >= 0.6 is 12.4 Å². The molecule has 1 aliphatic rings. The summed E-state index contributed by atoms with van der Waals surface area (Å²) in [5, 5.41) is 0. The van der Waals surface area contributed by atoms with E-state index in [1.165, 1.54) is 28.8 Å². The van der Waals surface area contributed by atoms with E-state index in [1.54, 1.807) is 6.07 Å². The lowest BCUT2D eigenvalue weighted by Crippen LogP contribution is -2.47. The molecule has 6 heteroatoms. The van der Waals surface area contributed by atoms with Gasteiger partial charge in [0.05, 0.1) is 5.56 Å². The van der Waals surface area contributed by atoms with Crippen molar-refractivity contribution < 1.29 is 13.2 Å². The molecule has 0 radical (unpaired) electrons. The Morgan fingerprint density at radius 3 is 2.22 bits per heavy atom. The minimum atomic E-state index is -4.29. The van der Waals surface area contributed by atoms with Crippen LogP contribution in [0, 0.1) is 13.8 Å². The molecule has 0 saturated carbocycles. The Kier molecular flexibility index (Phi) is 7.18. The van der Waals surface area contributed by atoms with Crippen LogP contribution in [0.1, 0.15) is 22.3 Å². The molecule has 0 aliphatic carbocycles. The number of benzene rings is 2. The number of piperazine rings is 1. The van der Waals surface area contributed by atoms with Crippen LogP contribution in [0.15, 0.2) is 42.5 Å². The minimum Gasteiger partial charge on any atom is -0.369 e. The lowest BCUT2D eigenvalue weighted by molar-refractivity contribution is -0.137. The second kappa shape index (κ2) is 8.98. The molecule has 1 fully saturated rings. The van der Waals surface area contributed by atoms with E-state index >= 15 is 0 Å².